The van der Waals surface area contributed by atoms with Gasteiger partial charge in [-0.05, 0) is 11.6 Å². The number of hydrogen-bond acceptors (Lipinski definition) is 4. The number of aromatic carboxylic acids is 1. The van der Waals surface area contributed by atoms with Crippen LogP contribution in [0, 0.1) is 0 Å². The Hall–Kier alpha value is -1.92. The van der Waals surface area contributed by atoms with E-state index in [4.69, 9.17) is 15.3 Å². The first-order valence-corrected chi connectivity index (χ1v) is 5.41. The molecular formula is C12H15NO5. The lowest BCUT2D eigenvalue weighted by molar-refractivity contribution is -0.121. The molecule has 0 bridgehead atoms. The molecule has 1 amide bonds. The third-order valence-corrected chi connectivity index (χ3v) is 2.34. The van der Waals surface area contributed by atoms with Crippen LogP contribution in [-0.2, 0) is 11.2 Å². The second kappa shape index (κ2) is 6.73. The molecule has 1 unspecified atom stereocenters. The first-order chi connectivity index (χ1) is 8.54. The molecule has 1 atom stereocenters. The van der Waals surface area contributed by atoms with Gasteiger partial charge in [-0.15, -0.1) is 0 Å². The molecule has 0 aromatic heterocycles. The van der Waals surface area contributed by atoms with E-state index in [1.807, 2.05) is 0 Å². The Labute approximate surface area is 104 Å². The van der Waals surface area contributed by atoms with E-state index in [-0.39, 0.29) is 18.5 Å². The predicted molar refractivity (Wildman–Crippen MR) is 63.2 cm³/mol. The molecule has 4 N–H and O–H groups in total. The van der Waals surface area contributed by atoms with Gasteiger partial charge in [-0.25, -0.2) is 4.79 Å². The maximum atomic E-state index is 11.5. The van der Waals surface area contributed by atoms with Gasteiger partial charge in [0.1, 0.15) is 0 Å². The van der Waals surface area contributed by atoms with Crippen molar-refractivity contribution in [2.75, 3.05) is 13.2 Å². The average molecular weight is 253 g/mol. The molecule has 0 saturated carbocycles. The van der Waals surface area contributed by atoms with E-state index in [9.17, 15) is 9.59 Å². The van der Waals surface area contributed by atoms with Crippen molar-refractivity contribution in [2.24, 2.45) is 0 Å². The first kappa shape index (κ1) is 14.1. The molecule has 0 aliphatic heterocycles. The highest BCUT2D eigenvalue weighted by Crippen LogP contribution is 2.09. The molecule has 6 heteroatoms. The fourth-order valence-corrected chi connectivity index (χ4v) is 1.41. The van der Waals surface area contributed by atoms with Crippen LogP contribution in [0.5, 0.6) is 0 Å². The zero-order valence-corrected chi connectivity index (χ0v) is 9.67. The van der Waals surface area contributed by atoms with Crippen molar-refractivity contribution in [1.29, 1.82) is 0 Å². The molecule has 0 saturated heterocycles. The monoisotopic (exact) mass is 253 g/mol. The van der Waals surface area contributed by atoms with Crippen LogP contribution in [0.3, 0.4) is 0 Å². The summed E-state index contributed by atoms with van der Waals surface area (Å²) < 4.78 is 0. The molecule has 0 spiro atoms. The summed E-state index contributed by atoms with van der Waals surface area (Å²) in [5.74, 6) is -1.50. The van der Waals surface area contributed by atoms with E-state index in [0.29, 0.717) is 5.56 Å². The van der Waals surface area contributed by atoms with Crippen LogP contribution in [0.4, 0.5) is 0 Å². The van der Waals surface area contributed by atoms with Crippen LogP contribution >= 0.6 is 0 Å². The van der Waals surface area contributed by atoms with Crippen molar-refractivity contribution < 1.29 is 24.9 Å². The van der Waals surface area contributed by atoms with Crippen LogP contribution < -0.4 is 5.32 Å². The summed E-state index contributed by atoms with van der Waals surface area (Å²) in [5.41, 5.74) is 0.483. The highest BCUT2D eigenvalue weighted by Gasteiger charge is 2.13. The number of carboxylic acid groups (broad SMARTS) is 1. The van der Waals surface area contributed by atoms with Crippen molar-refractivity contribution in [3.63, 3.8) is 0 Å². The standard InChI is InChI=1S/C12H15NO5/c14-7-9(15)6-13-11(16)5-8-3-1-2-4-10(8)12(17)18/h1-4,9,14-15H,5-7H2,(H,13,16)(H,17,18). The zero-order valence-electron chi connectivity index (χ0n) is 9.67. The second-order valence-electron chi connectivity index (χ2n) is 3.78. The fourth-order valence-electron chi connectivity index (χ4n) is 1.41. The Morgan fingerprint density at radius 3 is 2.56 bits per heavy atom. The van der Waals surface area contributed by atoms with E-state index in [2.05, 4.69) is 5.32 Å². The summed E-state index contributed by atoms with van der Waals surface area (Å²) >= 11 is 0. The van der Waals surface area contributed by atoms with Crippen molar-refractivity contribution in [1.82, 2.24) is 5.32 Å². The molecule has 1 aromatic carbocycles. The highest BCUT2D eigenvalue weighted by molar-refractivity contribution is 5.91. The van der Waals surface area contributed by atoms with E-state index in [1.165, 1.54) is 6.07 Å². The van der Waals surface area contributed by atoms with Crippen LogP contribution in [0.15, 0.2) is 24.3 Å². The predicted octanol–water partition coefficient (Wildman–Crippen LogP) is -0.603. The third-order valence-electron chi connectivity index (χ3n) is 2.34. The van der Waals surface area contributed by atoms with Crippen molar-refractivity contribution in [2.45, 2.75) is 12.5 Å². The Bertz CT molecular complexity index is 432. The van der Waals surface area contributed by atoms with Gasteiger partial charge in [0.2, 0.25) is 5.91 Å². The summed E-state index contributed by atoms with van der Waals surface area (Å²) in [6.45, 7) is -0.503. The van der Waals surface area contributed by atoms with Gasteiger partial charge in [0.25, 0.3) is 0 Å². The lowest BCUT2D eigenvalue weighted by atomic mass is 10.0. The van der Waals surface area contributed by atoms with E-state index < -0.39 is 24.6 Å². The maximum absolute atomic E-state index is 11.5. The van der Waals surface area contributed by atoms with Gasteiger partial charge >= 0.3 is 5.97 Å². The van der Waals surface area contributed by atoms with Gasteiger partial charge in [-0.2, -0.15) is 0 Å². The summed E-state index contributed by atoms with van der Waals surface area (Å²) in [6.07, 6.45) is -1.09. The van der Waals surface area contributed by atoms with Crippen LogP contribution in [0.25, 0.3) is 0 Å². The molecule has 0 aliphatic carbocycles. The summed E-state index contributed by atoms with van der Waals surface area (Å²) in [7, 11) is 0. The number of carbonyl (C=O) groups excluding carboxylic acids is 1. The van der Waals surface area contributed by atoms with E-state index in [1.54, 1.807) is 18.2 Å². The SMILES string of the molecule is O=C(Cc1ccccc1C(=O)O)NCC(O)CO. The Balaban J connectivity index is 2.62. The molecule has 0 aliphatic rings. The first-order valence-electron chi connectivity index (χ1n) is 5.41. The highest BCUT2D eigenvalue weighted by atomic mass is 16.4. The largest absolute Gasteiger partial charge is 0.478 e. The molecule has 0 fully saturated rings. The Kier molecular flexibility index (Phi) is 5.29. The molecule has 1 aromatic rings. The minimum absolute atomic E-state index is 0.0649. The lowest BCUT2D eigenvalue weighted by Crippen LogP contribution is -2.35. The summed E-state index contributed by atoms with van der Waals surface area (Å²) in [4.78, 5) is 22.4. The molecule has 6 nitrogen and oxygen atoms in total. The summed E-state index contributed by atoms with van der Waals surface area (Å²) in [6, 6.07) is 6.22. The number of benzene rings is 1. The Morgan fingerprint density at radius 1 is 1.28 bits per heavy atom. The van der Waals surface area contributed by atoms with E-state index >= 15 is 0 Å². The maximum Gasteiger partial charge on any atom is 0.335 e. The average Bonchev–Trinajstić information content (AvgIpc) is 2.36. The van der Waals surface area contributed by atoms with Crippen LogP contribution in [0.2, 0.25) is 0 Å². The quantitative estimate of drug-likeness (QED) is 0.541. The minimum Gasteiger partial charge on any atom is -0.478 e. The van der Waals surface area contributed by atoms with Crippen LogP contribution in [-0.4, -0.2) is 46.5 Å². The number of amides is 1. The fraction of sp³-hybridized carbons (Fsp3) is 0.333. The molecule has 0 radical (unpaired) electrons. The normalized spacial score (nSPS) is 11.9. The van der Waals surface area contributed by atoms with Gasteiger partial charge in [-0.1, -0.05) is 18.2 Å². The number of aliphatic hydroxyl groups excluding tert-OH is 2. The smallest absolute Gasteiger partial charge is 0.335 e. The van der Waals surface area contributed by atoms with Gasteiger partial charge < -0.3 is 20.6 Å². The van der Waals surface area contributed by atoms with E-state index in [0.717, 1.165) is 0 Å². The lowest BCUT2D eigenvalue weighted by Gasteiger charge is -2.10. The number of hydrogen-bond donors (Lipinski definition) is 4. The molecule has 18 heavy (non-hydrogen) atoms. The number of aliphatic hydroxyl groups is 2. The Morgan fingerprint density at radius 2 is 1.94 bits per heavy atom. The van der Waals surface area contributed by atoms with Crippen molar-refractivity contribution >= 4 is 11.9 Å². The topological polar surface area (TPSA) is 107 Å². The van der Waals surface area contributed by atoms with Crippen molar-refractivity contribution in [3.8, 4) is 0 Å². The summed E-state index contributed by atoms with van der Waals surface area (Å²) in [5, 5.41) is 29.0. The van der Waals surface area contributed by atoms with Crippen LogP contribution in [0.1, 0.15) is 15.9 Å². The minimum atomic E-state index is -1.09. The van der Waals surface area contributed by atoms with Gasteiger partial charge in [0.05, 0.1) is 24.7 Å². The zero-order chi connectivity index (χ0) is 13.5. The molecule has 0 heterocycles. The number of nitrogens with one attached hydrogen (secondary N) is 1. The van der Waals surface area contributed by atoms with Crippen molar-refractivity contribution in [3.05, 3.63) is 35.4 Å². The van der Waals surface area contributed by atoms with Gasteiger partial charge in [-0.3, -0.25) is 4.79 Å². The molecular weight excluding hydrogens is 238 g/mol. The number of carboxylic acids is 1. The number of carbonyl (C=O) groups is 2. The van der Waals surface area contributed by atoms with Gasteiger partial charge in [0.15, 0.2) is 0 Å². The second-order valence-corrected chi connectivity index (χ2v) is 3.78. The molecule has 98 valence electrons. The third kappa shape index (κ3) is 4.15. The number of rotatable bonds is 6. The molecule has 1 rings (SSSR count). The van der Waals surface area contributed by atoms with Gasteiger partial charge in [0, 0.05) is 6.54 Å².